The second kappa shape index (κ2) is 11.4. The van der Waals surface area contributed by atoms with Gasteiger partial charge in [0, 0.05) is 11.3 Å². The third-order valence-electron chi connectivity index (χ3n) is 5.31. The number of imide groups is 1. The van der Waals surface area contributed by atoms with Crippen LogP contribution >= 0.6 is 22.9 Å². The Hall–Kier alpha value is -4.22. The molecule has 1 aliphatic heterocycles. The Morgan fingerprint density at radius 2 is 1.82 bits per heavy atom. The van der Waals surface area contributed by atoms with Gasteiger partial charge in [0.1, 0.15) is 21.4 Å². The minimum absolute atomic E-state index is 0.129. The lowest BCUT2D eigenvalue weighted by atomic mass is 10.2. The predicted octanol–water partition coefficient (Wildman–Crippen LogP) is 4.71. The average molecular weight is 555 g/mol. The van der Waals surface area contributed by atoms with Gasteiger partial charge in [-0.3, -0.25) is 19.7 Å². The number of nitrogens with zero attached hydrogens (tertiary/aromatic N) is 2. The number of anilines is 3. The van der Waals surface area contributed by atoms with E-state index >= 15 is 0 Å². The Balaban J connectivity index is 1.52. The zero-order valence-corrected chi connectivity index (χ0v) is 22.2. The highest BCUT2D eigenvalue weighted by atomic mass is 35.5. The number of hydrogen-bond donors (Lipinski definition) is 2. The number of para-hydroxylation sites is 2. The van der Waals surface area contributed by atoms with Crippen molar-refractivity contribution in [2.24, 2.45) is 0 Å². The maximum Gasteiger partial charge on any atom is 0.350 e. The Kier molecular flexibility index (Phi) is 8.08. The summed E-state index contributed by atoms with van der Waals surface area (Å²) in [7, 11) is 0. The van der Waals surface area contributed by atoms with E-state index in [0.717, 1.165) is 16.2 Å². The van der Waals surface area contributed by atoms with Crippen molar-refractivity contribution in [2.75, 3.05) is 28.7 Å². The standard InChI is InChI=1S/C26H23ClN4O6S/c1-4-36-18-12-7-6-11-17(18)31-23(33)19(27)20(24(31)34)29-16-10-8-9-15(13-16)22(32)30-26-28-14(3)21(38-26)25(35)37-5-2/h6-13,29H,4-5H2,1-3H3,(H,28,30,32). The van der Waals surface area contributed by atoms with Crippen molar-refractivity contribution in [3.8, 4) is 5.75 Å². The molecule has 2 N–H and O–H groups in total. The first-order valence-electron chi connectivity index (χ1n) is 11.6. The van der Waals surface area contributed by atoms with Crippen LogP contribution in [0.5, 0.6) is 5.75 Å². The number of hydrogen-bond acceptors (Lipinski definition) is 9. The molecule has 0 saturated heterocycles. The van der Waals surface area contributed by atoms with Crippen LogP contribution in [-0.2, 0) is 14.3 Å². The molecule has 1 aromatic heterocycles. The quantitative estimate of drug-likeness (QED) is 0.287. The number of aryl methyl sites for hydroxylation is 1. The molecule has 3 amide bonds. The van der Waals surface area contributed by atoms with Gasteiger partial charge in [0.2, 0.25) is 0 Å². The van der Waals surface area contributed by atoms with Crippen LogP contribution < -0.4 is 20.3 Å². The molecule has 196 valence electrons. The molecule has 3 aromatic rings. The van der Waals surface area contributed by atoms with E-state index in [0.29, 0.717) is 28.6 Å². The van der Waals surface area contributed by atoms with E-state index in [9.17, 15) is 19.2 Å². The van der Waals surface area contributed by atoms with Gasteiger partial charge in [-0.25, -0.2) is 14.7 Å². The summed E-state index contributed by atoms with van der Waals surface area (Å²) in [5.41, 5.74) is 1.19. The van der Waals surface area contributed by atoms with E-state index in [1.54, 1.807) is 63.2 Å². The van der Waals surface area contributed by atoms with E-state index in [1.807, 2.05) is 0 Å². The molecule has 2 aromatic carbocycles. The third-order valence-corrected chi connectivity index (χ3v) is 6.71. The molecule has 0 spiro atoms. The van der Waals surface area contributed by atoms with E-state index < -0.39 is 23.7 Å². The number of carbonyl (C=O) groups excluding carboxylic acids is 4. The van der Waals surface area contributed by atoms with Crippen LogP contribution in [0.1, 0.15) is 39.6 Å². The Morgan fingerprint density at radius 1 is 1.05 bits per heavy atom. The number of benzene rings is 2. The molecule has 12 heteroatoms. The molecule has 38 heavy (non-hydrogen) atoms. The van der Waals surface area contributed by atoms with Crippen molar-refractivity contribution in [1.29, 1.82) is 0 Å². The molecule has 0 fully saturated rings. The summed E-state index contributed by atoms with van der Waals surface area (Å²) in [6, 6.07) is 12.9. The Labute approximate surface area is 227 Å². The first kappa shape index (κ1) is 26.8. The fourth-order valence-electron chi connectivity index (χ4n) is 3.64. The second-order valence-electron chi connectivity index (χ2n) is 7.85. The minimum atomic E-state index is -0.697. The monoisotopic (exact) mass is 554 g/mol. The molecular weight excluding hydrogens is 532 g/mol. The van der Waals surface area contributed by atoms with Gasteiger partial charge in [-0.05, 0) is 51.1 Å². The predicted molar refractivity (Wildman–Crippen MR) is 144 cm³/mol. The zero-order chi connectivity index (χ0) is 27.4. The highest BCUT2D eigenvalue weighted by Gasteiger charge is 2.40. The van der Waals surface area contributed by atoms with Crippen LogP contribution in [0.25, 0.3) is 0 Å². The van der Waals surface area contributed by atoms with Crippen molar-refractivity contribution >= 4 is 63.1 Å². The topological polar surface area (TPSA) is 127 Å². The van der Waals surface area contributed by atoms with Crippen LogP contribution in [0.4, 0.5) is 16.5 Å². The first-order chi connectivity index (χ1) is 18.2. The van der Waals surface area contributed by atoms with Crippen molar-refractivity contribution < 1.29 is 28.7 Å². The van der Waals surface area contributed by atoms with Crippen LogP contribution in [0.2, 0.25) is 0 Å². The summed E-state index contributed by atoms with van der Waals surface area (Å²) in [5.74, 6) is -1.99. The SMILES string of the molecule is CCOC(=O)c1sc(NC(=O)c2cccc(NC3=C(Cl)C(=O)N(c4ccccc4OCC)C3=O)c2)nc1C. The van der Waals surface area contributed by atoms with Crippen LogP contribution in [0.15, 0.2) is 59.3 Å². The number of thiazole rings is 1. The fraction of sp³-hybridized carbons (Fsp3) is 0.192. The number of aromatic nitrogens is 1. The molecule has 0 atom stereocenters. The van der Waals surface area contributed by atoms with Gasteiger partial charge >= 0.3 is 5.97 Å². The summed E-state index contributed by atoms with van der Waals surface area (Å²) in [6.45, 7) is 5.72. The lowest BCUT2D eigenvalue weighted by Gasteiger charge is -2.18. The molecule has 4 rings (SSSR count). The summed E-state index contributed by atoms with van der Waals surface area (Å²) in [4.78, 5) is 56.5. The smallest absolute Gasteiger partial charge is 0.350 e. The molecular formula is C26H23ClN4O6S. The molecule has 0 bridgehead atoms. The van der Waals surface area contributed by atoms with Gasteiger partial charge < -0.3 is 14.8 Å². The highest BCUT2D eigenvalue weighted by molar-refractivity contribution is 7.17. The van der Waals surface area contributed by atoms with Crippen LogP contribution in [-0.4, -0.2) is 41.9 Å². The number of rotatable bonds is 9. The summed E-state index contributed by atoms with van der Waals surface area (Å²) >= 11 is 7.27. The average Bonchev–Trinajstić information content (AvgIpc) is 3.36. The Morgan fingerprint density at radius 3 is 2.55 bits per heavy atom. The number of esters is 1. The highest BCUT2D eigenvalue weighted by Crippen LogP contribution is 2.35. The summed E-state index contributed by atoms with van der Waals surface area (Å²) in [6.07, 6.45) is 0. The lowest BCUT2D eigenvalue weighted by Crippen LogP contribution is -2.32. The molecule has 0 aliphatic carbocycles. The van der Waals surface area contributed by atoms with Gasteiger partial charge in [-0.15, -0.1) is 0 Å². The summed E-state index contributed by atoms with van der Waals surface area (Å²) in [5, 5.41) is 5.47. The maximum absolute atomic E-state index is 13.2. The maximum atomic E-state index is 13.2. The number of amides is 3. The zero-order valence-electron chi connectivity index (χ0n) is 20.7. The van der Waals surface area contributed by atoms with Gasteiger partial charge in [0.05, 0.1) is 24.6 Å². The molecule has 1 aliphatic rings. The van der Waals surface area contributed by atoms with Crippen molar-refractivity contribution in [2.45, 2.75) is 20.8 Å². The summed E-state index contributed by atoms with van der Waals surface area (Å²) < 4.78 is 10.6. The van der Waals surface area contributed by atoms with Gasteiger partial charge in [0.15, 0.2) is 5.13 Å². The van der Waals surface area contributed by atoms with Crippen molar-refractivity contribution in [1.82, 2.24) is 4.98 Å². The largest absolute Gasteiger partial charge is 0.492 e. The first-order valence-corrected chi connectivity index (χ1v) is 12.8. The van der Waals surface area contributed by atoms with E-state index in [4.69, 9.17) is 21.1 Å². The Bertz CT molecular complexity index is 1470. The fourth-order valence-corrected chi connectivity index (χ4v) is 4.71. The number of nitrogens with one attached hydrogen (secondary N) is 2. The molecule has 0 radical (unpaired) electrons. The van der Waals surface area contributed by atoms with Crippen molar-refractivity contribution in [3.63, 3.8) is 0 Å². The third kappa shape index (κ3) is 5.38. The number of ether oxygens (including phenoxy) is 2. The van der Waals surface area contributed by atoms with E-state index in [1.165, 1.54) is 6.07 Å². The van der Waals surface area contributed by atoms with Crippen LogP contribution in [0.3, 0.4) is 0 Å². The number of carbonyl (C=O) groups is 4. The van der Waals surface area contributed by atoms with Gasteiger partial charge in [0.25, 0.3) is 17.7 Å². The van der Waals surface area contributed by atoms with E-state index in [2.05, 4.69) is 15.6 Å². The minimum Gasteiger partial charge on any atom is -0.492 e. The molecule has 0 unspecified atom stereocenters. The van der Waals surface area contributed by atoms with Crippen molar-refractivity contribution in [3.05, 3.63) is 75.4 Å². The van der Waals surface area contributed by atoms with E-state index in [-0.39, 0.29) is 33.7 Å². The molecule has 2 heterocycles. The number of halogens is 1. The van der Waals surface area contributed by atoms with Gasteiger partial charge in [-0.2, -0.15) is 0 Å². The normalized spacial score (nSPS) is 13.1. The second-order valence-corrected chi connectivity index (χ2v) is 9.23. The van der Waals surface area contributed by atoms with Gasteiger partial charge in [-0.1, -0.05) is 41.1 Å². The molecule has 10 nitrogen and oxygen atoms in total. The van der Waals surface area contributed by atoms with Crippen LogP contribution in [0, 0.1) is 6.92 Å². The molecule has 0 saturated carbocycles. The lowest BCUT2D eigenvalue weighted by molar-refractivity contribution is -0.120.